The maximum Gasteiger partial charge on any atom is 2.00 e. The molecule has 0 unspecified atom stereocenters. The van der Waals surface area contributed by atoms with Gasteiger partial charge in [0, 0.05) is 9.17 Å². The molecule has 3 nitrogen and oxygen atoms in total. The quantitative estimate of drug-likeness (QED) is 0.344. The molecule has 0 aliphatic carbocycles. The first-order chi connectivity index (χ1) is 1.73. The van der Waals surface area contributed by atoms with Crippen molar-refractivity contribution in [2.75, 3.05) is 0 Å². The molecule has 26 valence electrons. The van der Waals surface area contributed by atoms with Gasteiger partial charge in [-0.05, 0) is 0 Å². The van der Waals surface area contributed by atoms with Crippen molar-refractivity contribution in [2.24, 2.45) is 0 Å². The number of hydrogen-bond acceptors (Lipinski definition) is 3. The van der Waals surface area contributed by atoms with E-state index in [2.05, 4.69) is 0 Å². The van der Waals surface area contributed by atoms with E-state index in [-0.39, 0.29) is 45.1 Å². The van der Waals surface area contributed by atoms with Gasteiger partial charge >= 0.3 is 45.1 Å². The molecule has 0 radical (unpaired) electrons. The average molecular weight is 174 g/mol. The van der Waals surface area contributed by atoms with E-state index in [1.807, 2.05) is 0 Å². The van der Waals surface area contributed by atoms with Crippen LogP contribution in [0.5, 0.6) is 0 Å². The summed E-state index contributed by atoms with van der Waals surface area (Å²) in [6.07, 6.45) is 0. The predicted octanol–water partition coefficient (Wildman–Crippen LogP) is -5.88. The first-order valence-corrected chi connectivity index (χ1v) is 1.84. The minimum atomic E-state index is -3.63. The molecule has 0 aliphatic heterocycles. The Kier molecular flexibility index (Phi) is 24.7. The second-order valence-corrected chi connectivity index (χ2v) is 0.750. The van der Waals surface area contributed by atoms with E-state index in [9.17, 15) is 0 Å². The van der Waals surface area contributed by atoms with Gasteiger partial charge in [0.25, 0.3) is 0 Å². The van der Waals surface area contributed by atoms with Gasteiger partial charge in [0.2, 0.25) is 0 Å². The molecule has 0 aromatic rings. The zero-order chi connectivity index (χ0) is 3.58. The van der Waals surface area contributed by atoms with E-state index in [1.54, 1.807) is 0 Å². The largest absolute Gasteiger partial charge is 2.00 e. The Morgan fingerprint density at radius 3 is 1.33 bits per heavy atom. The van der Waals surface area contributed by atoms with Crippen molar-refractivity contribution in [3.05, 3.63) is 0 Å². The van der Waals surface area contributed by atoms with Gasteiger partial charge in [0.05, 0.1) is 0 Å². The van der Waals surface area contributed by atoms with Crippen molar-refractivity contribution < 1.29 is 59.1 Å². The molecule has 0 fully saturated rings. The van der Waals surface area contributed by atoms with Crippen LogP contribution in [0.2, 0.25) is 0 Å². The number of hydrogen-bond donors (Lipinski definition) is 0. The summed E-state index contributed by atoms with van der Waals surface area (Å²) in [6, 6.07) is 0. The van der Waals surface area contributed by atoms with Crippen molar-refractivity contribution in [1.29, 1.82) is 0 Å². The molecule has 6 heteroatoms. The molecule has 0 aromatic carbocycles. The second-order valence-electron chi connectivity index (χ2n) is 0.250. The smallest absolute Gasteiger partial charge is 0.672 e. The molecular formula is LiO3SiZr+. The first kappa shape index (κ1) is 15.7. The van der Waals surface area contributed by atoms with Crippen LogP contribution < -0.4 is 28.5 Å². The van der Waals surface area contributed by atoms with E-state index in [0.29, 0.717) is 0 Å². The van der Waals surface area contributed by atoms with Crippen LogP contribution in [-0.4, -0.2) is 9.17 Å². The van der Waals surface area contributed by atoms with Gasteiger partial charge in [-0.25, -0.2) is 0 Å². The second kappa shape index (κ2) is 9.44. The standard InChI is InChI=1S/Li.O3Si.Zr/c;1-4(2)3;/q+1;-2;+2. The fraction of sp³-hybridized carbons (Fsp3) is 0. The Hall–Kier alpha value is 1.10. The van der Waals surface area contributed by atoms with Crippen LogP contribution in [-0.2, 0) is 30.7 Å². The van der Waals surface area contributed by atoms with Gasteiger partial charge in [-0.3, -0.25) is 0 Å². The summed E-state index contributed by atoms with van der Waals surface area (Å²) in [5.41, 5.74) is 0. The third-order valence-electron chi connectivity index (χ3n) is 0. The molecular weight excluding hydrogens is 174 g/mol. The van der Waals surface area contributed by atoms with Gasteiger partial charge in [-0.1, -0.05) is 0 Å². The van der Waals surface area contributed by atoms with Crippen LogP contribution in [0.25, 0.3) is 0 Å². The van der Waals surface area contributed by atoms with Crippen molar-refractivity contribution in [3.63, 3.8) is 0 Å². The van der Waals surface area contributed by atoms with Crippen molar-refractivity contribution in [3.8, 4) is 0 Å². The zero-order valence-corrected chi connectivity index (χ0v) is 6.68. The van der Waals surface area contributed by atoms with Crippen LogP contribution in [0, 0.1) is 0 Å². The van der Waals surface area contributed by atoms with E-state index in [0.717, 1.165) is 0 Å². The third-order valence-corrected chi connectivity index (χ3v) is 0. The summed E-state index contributed by atoms with van der Waals surface area (Å²) in [7, 11) is -3.63. The molecule has 6 heavy (non-hydrogen) atoms. The fourth-order valence-electron chi connectivity index (χ4n) is 0. The molecule has 0 saturated heterocycles. The van der Waals surface area contributed by atoms with Gasteiger partial charge in [0.1, 0.15) is 0 Å². The maximum absolute atomic E-state index is 8.52. The molecule has 0 heterocycles. The van der Waals surface area contributed by atoms with E-state index < -0.39 is 9.17 Å². The van der Waals surface area contributed by atoms with Crippen LogP contribution in [0.3, 0.4) is 0 Å². The Morgan fingerprint density at radius 1 is 1.33 bits per heavy atom. The van der Waals surface area contributed by atoms with Gasteiger partial charge < -0.3 is 14.1 Å². The van der Waals surface area contributed by atoms with Crippen LogP contribution in [0.1, 0.15) is 0 Å². The van der Waals surface area contributed by atoms with E-state index >= 15 is 0 Å². The van der Waals surface area contributed by atoms with Crippen molar-refractivity contribution in [2.45, 2.75) is 0 Å². The molecule has 0 aromatic heterocycles. The SMILES string of the molecule is O=[Si]([O-])[O-].[Li+].[Zr+2]. The Morgan fingerprint density at radius 2 is 1.33 bits per heavy atom. The maximum atomic E-state index is 8.52. The summed E-state index contributed by atoms with van der Waals surface area (Å²) in [5, 5.41) is 0. The summed E-state index contributed by atoms with van der Waals surface area (Å²) in [5.74, 6) is 0. The average Bonchev–Trinajstić information content (AvgIpc) is 0.811. The van der Waals surface area contributed by atoms with Crippen LogP contribution >= 0.6 is 0 Å². The molecule has 0 spiro atoms. The summed E-state index contributed by atoms with van der Waals surface area (Å²) < 4.78 is 8.52. The van der Waals surface area contributed by atoms with E-state index in [4.69, 9.17) is 14.1 Å². The predicted molar refractivity (Wildman–Crippen MR) is 6.44 cm³/mol. The topological polar surface area (TPSA) is 63.2 Å². The van der Waals surface area contributed by atoms with Gasteiger partial charge in [-0.2, -0.15) is 0 Å². The normalized spacial score (nSPS) is 4.00. The Balaban J connectivity index is -0.0000000450. The Bertz CT molecular complexity index is 33.8. The van der Waals surface area contributed by atoms with Crippen molar-refractivity contribution in [1.82, 2.24) is 0 Å². The first-order valence-electron chi connectivity index (χ1n) is 0.612. The molecule has 0 bridgehead atoms. The van der Waals surface area contributed by atoms with Crippen molar-refractivity contribution >= 4 is 9.17 Å². The molecule has 0 atom stereocenters. The Labute approximate surface area is 68.0 Å². The minimum absolute atomic E-state index is 0. The fourth-order valence-corrected chi connectivity index (χ4v) is 0. The van der Waals surface area contributed by atoms with E-state index in [1.165, 1.54) is 0 Å². The monoisotopic (exact) mass is 173 g/mol. The van der Waals surface area contributed by atoms with Crippen LogP contribution in [0.4, 0.5) is 0 Å². The zero-order valence-electron chi connectivity index (χ0n) is 3.22. The van der Waals surface area contributed by atoms with Gasteiger partial charge in [-0.15, -0.1) is 0 Å². The molecule has 0 aliphatic rings. The minimum Gasteiger partial charge on any atom is -0.672 e. The van der Waals surface area contributed by atoms with Crippen LogP contribution in [0.15, 0.2) is 0 Å². The molecule has 0 saturated carbocycles. The molecule has 0 rings (SSSR count). The summed E-state index contributed by atoms with van der Waals surface area (Å²) >= 11 is 0. The summed E-state index contributed by atoms with van der Waals surface area (Å²) in [6.45, 7) is 0. The third kappa shape index (κ3) is 71.1. The van der Waals surface area contributed by atoms with Gasteiger partial charge in [0.15, 0.2) is 0 Å². The molecule has 0 amide bonds. The molecule has 0 N–H and O–H groups in total. The number of rotatable bonds is 0. The summed E-state index contributed by atoms with van der Waals surface area (Å²) in [4.78, 5) is 17.0.